The van der Waals surface area contributed by atoms with E-state index >= 15 is 0 Å². The molecule has 2 aromatic rings. The van der Waals surface area contributed by atoms with E-state index in [2.05, 4.69) is 39.5 Å². The molecule has 2 nitrogen and oxygen atoms in total. The van der Waals surface area contributed by atoms with E-state index in [9.17, 15) is 0 Å². The molecule has 0 aliphatic rings. The Hall–Kier alpha value is -0.0400. The number of benzene rings is 1. The van der Waals surface area contributed by atoms with Crippen molar-refractivity contribution in [2.24, 2.45) is 0 Å². The number of hydrogen-bond donors (Lipinski definition) is 0. The average molecular weight is 439 g/mol. The van der Waals surface area contributed by atoms with Gasteiger partial charge in [-0.3, -0.25) is 0 Å². The monoisotopic (exact) mass is 438 g/mol. The lowest BCUT2D eigenvalue weighted by atomic mass is 10.2. The van der Waals surface area contributed by atoms with Gasteiger partial charge in [-0.05, 0) is 47.2 Å². The lowest BCUT2D eigenvalue weighted by Crippen LogP contribution is -2.02. The highest BCUT2D eigenvalue weighted by molar-refractivity contribution is 14.1. The summed E-state index contributed by atoms with van der Waals surface area (Å²) in [6, 6.07) is 7.77. The molecule has 106 valence electrons. The van der Waals surface area contributed by atoms with Crippen LogP contribution in [-0.4, -0.2) is 9.97 Å². The van der Waals surface area contributed by atoms with Crippen LogP contribution < -0.4 is 0 Å². The van der Waals surface area contributed by atoms with Crippen LogP contribution in [0.5, 0.6) is 0 Å². The number of rotatable bonds is 5. The molecular weight excluding hydrogens is 426 g/mol. The van der Waals surface area contributed by atoms with Gasteiger partial charge in [0.2, 0.25) is 0 Å². The van der Waals surface area contributed by atoms with E-state index in [4.69, 9.17) is 23.2 Å². The molecule has 0 aliphatic carbocycles. The minimum Gasteiger partial charge on any atom is -0.236 e. The van der Waals surface area contributed by atoms with Gasteiger partial charge in [0.05, 0.1) is 15.0 Å². The summed E-state index contributed by atoms with van der Waals surface area (Å²) in [7, 11) is 0. The van der Waals surface area contributed by atoms with Crippen molar-refractivity contribution in [3.63, 3.8) is 0 Å². The number of halogens is 3. The van der Waals surface area contributed by atoms with Crippen LogP contribution >= 0.6 is 57.6 Å². The van der Waals surface area contributed by atoms with Crippen LogP contribution in [0.4, 0.5) is 0 Å². The van der Waals surface area contributed by atoms with Gasteiger partial charge < -0.3 is 0 Å². The van der Waals surface area contributed by atoms with E-state index in [0.29, 0.717) is 10.9 Å². The summed E-state index contributed by atoms with van der Waals surface area (Å²) >= 11 is 16.0. The Kier molecular flexibility index (Phi) is 6.39. The van der Waals surface area contributed by atoms with E-state index in [1.165, 1.54) is 0 Å². The van der Waals surface area contributed by atoms with Crippen LogP contribution in [0.2, 0.25) is 10.2 Å². The Balaban J connectivity index is 2.13. The molecule has 0 radical (unpaired) electrons. The van der Waals surface area contributed by atoms with E-state index in [1.54, 1.807) is 11.8 Å². The first-order valence-corrected chi connectivity index (χ1v) is 9.01. The van der Waals surface area contributed by atoms with Crippen LogP contribution in [0.1, 0.15) is 24.9 Å². The minimum absolute atomic E-state index is 0.547. The summed E-state index contributed by atoms with van der Waals surface area (Å²) in [5.74, 6) is 1.46. The zero-order valence-corrected chi connectivity index (χ0v) is 15.4. The molecule has 1 aromatic heterocycles. The van der Waals surface area contributed by atoms with Crippen molar-refractivity contribution < 1.29 is 0 Å². The maximum atomic E-state index is 6.17. The molecule has 0 saturated heterocycles. The zero-order chi connectivity index (χ0) is 14.5. The molecule has 0 atom stereocenters. The molecule has 2 rings (SSSR count). The fraction of sp³-hybridized carbons (Fsp3) is 0.286. The smallest absolute Gasteiger partial charge is 0.146 e. The van der Waals surface area contributed by atoms with Crippen LogP contribution in [-0.2, 0) is 12.2 Å². The number of nitrogens with zero attached hydrogens (tertiary/aromatic N) is 2. The molecule has 0 N–H and O–H groups in total. The second kappa shape index (κ2) is 7.82. The predicted molar refractivity (Wildman–Crippen MR) is 94.8 cm³/mol. The Morgan fingerprint density at radius 3 is 2.75 bits per heavy atom. The Labute approximate surface area is 146 Å². The zero-order valence-electron chi connectivity index (χ0n) is 10.9. The third-order valence-electron chi connectivity index (χ3n) is 2.58. The van der Waals surface area contributed by atoms with E-state index in [-0.39, 0.29) is 0 Å². The fourth-order valence-corrected chi connectivity index (χ4v) is 3.47. The van der Waals surface area contributed by atoms with Crippen molar-refractivity contribution in [3.8, 4) is 0 Å². The summed E-state index contributed by atoms with van der Waals surface area (Å²) in [4.78, 5) is 10.1. The maximum absolute atomic E-state index is 6.17. The third kappa shape index (κ3) is 4.48. The molecule has 0 aliphatic heterocycles. The number of thioether (sulfide) groups is 1. The molecule has 20 heavy (non-hydrogen) atoms. The highest BCUT2D eigenvalue weighted by atomic mass is 127. The molecule has 0 amide bonds. The topological polar surface area (TPSA) is 25.8 Å². The summed E-state index contributed by atoms with van der Waals surface area (Å²) < 4.78 is 0.961. The SMILES string of the molecule is CCCc1nc(CSc2cccc(Cl)c2)nc(Cl)c1I. The van der Waals surface area contributed by atoms with Gasteiger partial charge in [-0.25, -0.2) is 9.97 Å². The van der Waals surface area contributed by atoms with Gasteiger partial charge in [0.15, 0.2) is 0 Å². The van der Waals surface area contributed by atoms with Gasteiger partial charge in [0.1, 0.15) is 11.0 Å². The Morgan fingerprint density at radius 2 is 2.05 bits per heavy atom. The summed E-state index contributed by atoms with van der Waals surface area (Å²) in [6.07, 6.45) is 1.97. The Bertz CT molecular complexity index is 608. The minimum atomic E-state index is 0.547. The van der Waals surface area contributed by atoms with Gasteiger partial charge in [-0.1, -0.05) is 42.6 Å². The Morgan fingerprint density at radius 1 is 1.25 bits per heavy atom. The quantitative estimate of drug-likeness (QED) is 0.343. The molecule has 1 heterocycles. The highest BCUT2D eigenvalue weighted by Gasteiger charge is 2.10. The number of hydrogen-bond acceptors (Lipinski definition) is 3. The molecule has 0 saturated carbocycles. The largest absolute Gasteiger partial charge is 0.236 e. The summed E-state index contributed by atoms with van der Waals surface area (Å²) in [6.45, 7) is 2.13. The molecule has 0 unspecified atom stereocenters. The van der Waals surface area contributed by atoms with E-state index in [0.717, 1.165) is 37.8 Å². The van der Waals surface area contributed by atoms with Crippen molar-refractivity contribution in [1.82, 2.24) is 9.97 Å². The lowest BCUT2D eigenvalue weighted by Gasteiger charge is -2.07. The van der Waals surface area contributed by atoms with Gasteiger partial charge in [0.25, 0.3) is 0 Å². The van der Waals surface area contributed by atoms with Crippen LogP contribution in [0.25, 0.3) is 0 Å². The fourth-order valence-electron chi connectivity index (χ4n) is 1.68. The summed E-state index contributed by atoms with van der Waals surface area (Å²) in [5.41, 5.74) is 1.04. The van der Waals surface area contributed by atoms with Crippen LogP contribution in [0, 0.1) is 3.57 Å². The number of aromatic nitrogens is 2. The van der Waals surface area contributed by atoms with Crippen molar-refractivity contribution >= 4 is 57.6 Å². The molecule has 0 bridgehead atoms. The second-order valence-corrected chi connectivity index (χ2v) is 7.11. The molecular formula is C14H13Cl2IN2S. The molecule has 0 fully saturated rings. The van der Waals surface area contributed by atoms with Crippen molar-refractivity contribution in [3.05, 3.63) is 49.5 Å². The molecule has 6 heteroatoms. The van der Waals surface area contributed by atoms with Crippen molar-refractivity contribution in [2.75, 3.05) is 0 Å². The van der Waals surface area contributed by atoms with Crippen molar-refractivity contribution in [1.29, 1.82) is 0 Å². The molecule has 0 spiro atoms. The first kappa shape index (κ1) is 16.3. The van der Waals surface area contributed by atoms with E-state index in [1.807, 2.05) is 24.3 Å². The van der Waals surface area contributed by atoms with Crippen molar-refractivity contribution in [2.45, 2.75) is 30.4 Å². The molecule has 1 aromatic carbocycles. The average Bonchev–Trinajstić information content (AvgIpc) is 2.42. The van der Waals surface area contributed by atoms with Gasteiger partial charge in [0, 0.05) is 9.92 Å². The second-order valence-electron chi connectivity index (χ2n) is 4.19. The normalized spacial score (nSPS) is 10.8. The first-order valence-electron chi connectivity index (χ1n) is 6.19. The summed E-state index contributed by atoms with van der Waals surface area (Å²) in [5, 5.41) is 1.29. The van der Waals surface area contributed by atoms with Gasteiger partial charge in [-0.2, -0.15) is 0 Å². The number of aryl methyl sites for hydroxylation is 1. The lowest BCUT2D eigenvalue weighted by molar-refractivity contribution is 0.845. The van der Waals surface area contributed by atoms with E-state index < -0.39 is 0 Å². The maximum Gasteiger partial charge on any atom is 0.146 e. The highest BCUT2D eigenvalue weighted by Crippen LogP contribution is 2.26. The van der Waals surface area contributed by atoms with Crippen LogP contribution in [0.15, 0.2) is 29.2 Å². The predicted octanol–water partition coefficient (Wildman–Crippen LogP) is 5.63. The van der Waals surface area contributed by atoms with Gasteiger partial charge >= 0.3 is 0 Å². The van der Waals surface area contributed by atoms with Crippen LogP contribution in [0.3, 0.4) is 0 Å². The third-order valence-corrected chi connectivity index (χ3v) is 5.53. The first-order chi connectivity index (χ1) is 9.60. The standard InChI is InChI=1S/C14H13Cl2IN2S/c1-2-4-11-13(17)14(16)19-12(18-11)8-20-10-6-3-5-9(15)7-10/h3,5-7H,2,4,8H2,1H3. The van der Waals surface area contributed by atoms with Gasteiger partial charge in [-0.15, -0.1) is 11.8 Å².